The van der Waals surface area contributed by atoms with Crippen LogP contribution in [0, 0.1) is 18.8 Å². The molecule has 1 saturated heterocycles. The van der Waals surface area contributed by atoms with E-state index in [1.165, 1.54) is 10.4 Å². The van der Waals surface area contributed by atoms with Gasteiger partial charge in [-0.2, -0.15) is 4.31 Å². The van der Waals surface area contributed by atoms with Crippen LogP contribution in [0.5, 0.6) is 0 Å². The standard InChI is InChI=1S/C12H18ClNO3S/c1-8-6-14(7-9(8)2)18(15,16)12-4-11(5-13)17-10(12)3/h4,8-9H,5-7H2,1-3H3. The monoisotopic (exact) mass is 291 g/mol. The van der Waals surface area contributed by atoms with Crippen LogP contribution in [0.1, 0.15) is 25.4 Å². The fourth-order valence-corrected chi connectivity index (χ4v) is 4.22. The Hall–Kier alpha value is -0.520. The van der Waals surface area contributed by atoms with Gasteiger partial charge in [-0.3, -0.25) is 0 Å². The molecule has 0 bridgehead atoms. The number of alkyl halides is 1. The van der Waals surface area contributed by atoms with Crippen molar-refractivity contribution in [3.05, 3.63) is 17.6 Å². The molecule has 1 aliphatic rings. The lowest BCUT2D eigenvalue weighted by Crippen LogP contribution is -2.29. The molecule has 0 radical (unpaired) electrons. The Labute approximate surface area is 113 Å². The molecule has 1 aliphatic heterocycles. The van der Waals surface area contributed by atoms with E-state index in [2.05, 4.69) is 13.8 Å². The van der Waals surface area contributed by atoms with Crippen molar-refractivity contribution in [3.63, 3.8) is 0 Å². The van der Waals surface area contributed by atoms with Crippen LogP contribution in [0.3, 0.4) is 0 Å². The Morgan fingerprint density at radius 3 is 2.39 bits per heavy atom. The minimum absolute atomic E-state index is 0.184. The topological polar surface area (TPSA) is 50.5 Å². The molecule has 0 aliphatic carbocycles. The quantitative estimate of drug-likeness (QED) is 0.804. The first-order valence-electron chi connectivity index (χ1n) is 6.01. The highest BCUT2D eigenvalue weighted by atomic mass is 35.5. The second-order valence-corrected chi connectivity index (χ2v) is 7.22. The maximum absolute atomic E-state index is 12.5. The van der Waals surface area contributed by atoms with Gasteiger partial charge in [-0.05, 0) is 18.8 Å². The maximum Gasteiger partial charge on any atom is 0.246 e. The molecule has 102 valence electrons. The Kier molecular flexibility index (Phi) is 3.76. The smallest absolute Gasteiger partial charge is 0.246 e. The molecule has 1 fully saturated rings. The van der Waals surface area contributed by atoms with Crippen molar-refractivity contribution in [2.24, 2.45) is 11.8 Å². The van der Waals surface area contributed by atoms with E-state index in [1.54, 1.807) is 6.92 Å². The summed E-state index contributed by atoms with van der Waals surface area (Å²) in [6.07, 6.45) is 0. The van der Waals surface area contributed by atoms with E-state index in [0.29, 0.717) is 36.4 Å². The van der Waals surface area contributed by atoms with Crippen LogP contribution < -0.4 is 0 Å². The van der Waals surface area contributed by atoms with E-state index >= 15 is 0 Å². The molecule has 0 aromatic carbocycles. The van der Waals surface area contributed by atoms with Crippen LogP contribution in [0.25, 0.3) is 0 Å². The molecule has 2 rings (SSSR count). The fraction of sp³-hybridized carbons (Fsp3) is 0.667. The predicted octanol–water partition coefficient (Wildman–Crippen LogP) is 2.60. The van der Waals surface area contributed by atoms with Gasteiger partial charge in [0.15, 0.2) is 0 Å². The highest BCUT2D eigenvalue weighted by Gasteiger charge is 2.36. The summed E-state index contributed by atoms with van der Waals surface area (Å²) in [5.41, 5.74) is 0. The minimum Gasteiger partial charge on any atom is -0.464 e. The average molecular weight is 292 g/mol. The van der Waals surface area contributed by atoms with E-state index in [4.69, 9.17) is 16.0 Å². The second-order valence-electron chi connectivity index (χ2n) is 5.04. The van der Waals surface area contributed by atoms with Crippen LogP contribution in [-0.4, -0.2) is 25.8 Å². The number of halogens is 1. The molecule has 2 atom stereocenters. The molecule has 0 N–H and O–H groups in total. The SMILES string of the molecule is Cc1oc(CCl)cc1S(=O)(=O)N1CC(C)C(C)C1. The summed E-state index contributed by atoms with van der Waals surface area (Å²) in [7, 11) is -3.44. The highest BCUT2D eigenvalue weighted by Crippen LogP contribution is 2.30. The summed E-state index contributed by atoms with van der Waals surface area (Å²) < 4.78 is 31.9. The molecule has 4 nitrogen and oxygen atoms in total. The lowest BCUT2D eigenvalue weighted by Gasteiger charge is -2.15. The van der Waals surface area contributed by atoms with Gasteiger partial charge in [-0.15, -0.1) is 11.6 Å². The molecule has 0 spiro atoms. The Morgan fingerprint density at radius 1 is 1.39 bits per heavy atom. The van der Waals surface area contributed by atoms with Gasteiger partial charge < -0.3 is 4.42 Å². The first-order chi connectivity index (χ1) is 8.36. The molecular formula is C12H18ClNO3S. The van der Waals surface area contributed by atoms with Gasteiger partial charge in [0.05, 0.1) is 5.88 Å². The van der Waals surface area contributed by atoms with Gasteiger partial charge >= 0.3 is 0 Å². The van der Waals surface area contributed by atoms with E-state index in [-0.39, 0.29) is 10.8 Å². The van der Waals surface area contributed by atoms with Gasteiger partial charge in [-0.25, -0.2) is 8.42 Å². The molecule has 2 unspecified atom stereocenters. The Morgan fingerprint density at radius 2 is 1.94 bits per heavy atom. The zero-order valence-corrected chi connectivity index (χ0v) is 12.4. The zero-order chi connectivity index (χ0) is 13.5. The van der Waals surface area contributed by atoms with Gasteiger partial charge in [-0.1, -0.05) is 13.8 Å². The lowest BCUT2D eigenvalue weighted by atomic mass is 10.0. The number of hydrogen-bond donors (Lipinski definition) is 0. The van der Waals surface area contributed by atoms with Crippen molar-refractivity contribution in [2.75, 3.05) is 13.1 Å². The van der Waals surface area contributed by atoms with Gasteiger partial charge in [0, 0.05) is 19.2 Å². The summed E-state index contributed by atoms with van der Waals surface area (Å²) in [5.74, 6) is 1.87. The summed E-state index contributed by atoms with van der Waals surface area (Å²) in [6, 6.07) is 1.53. The van der Waals surface area contributed by atoms with Crippen LogP contribution >= 0.6 is 11.6 Å². The van der Waals surface area contributed by atoms with Crippen molar-refractivity contribution in [1.29, 1.82) is 0 Å². The number of nitrogens with zero attached hydrogens (tertiary/aromatic N) is 1. The first kappa shape index (κ1) is 13.9. The van der Waals surface area contributed by atoms with Crippen molar-refractivity contribution < 1.29 is 12.8 Å². The number of rotatable bonds is 3. The van der Waals surface area contributed by atoms with Crippen LogP contribution in [0.15, 0.2) is 15.4 Å². The van der Waals surface area contributed by atoms with Crippen molar-refractivity contribution in [1.82, 2.24) is 4.31 Å². The number of aryl methyl sites for hydroxylation is 1. The predicted molar refractivity (Wildman–Crippen MR) is 70.1 cm³/mol. The largest absolute Gasteiger partial charge is 0.464 e. The molecule has 0 amide bonds. The van der Waals surface area contributed by atoms with Crippen molar-refractivity contribution in [3.8, 4) is 0 Å². The molecule has 18 heavy (non-hydrogen) atoms. The summed E-state index contributed by atoms with van der Waals surface area (Å²) in [5, 5.41) is 0. The third-order valence-electron chi connectivity index (χ3n) is 3.63. The van der Waals surface area contributed by atoms with Crippen molar-refractivity contribution in [2.45, 2.75) is 31.5 Å². The average Bonchev–Trinajstić information content (AvgIpc) is 2.84. The van der Waals surface area contributed by atoms with Crippen molar-refractivity contribution >= 4 is 21.6 Å². The number of sulfonamides is 1. The third kappa shape index (κ3) is 2.31. The molecule has 1 aromatic rings. The highest BCUT2D eigenvalue weighted by molar-refractivity contribution is 7.89. The fourth-order valence-electron chi connectivity index (χ4n) is 2.26. The second kappa shape index (κ2) is 4.87. The van der Waals surface area contributed by atoms with Gasteiger partial charge in [0.1, 0.15) is 16.4 Å². The molecule has 6 heteroatoms. The maximum atomic E-state index is 12.5. The third-order valence-corrected chi connectivity index (χ3v) is 5.83. The van der Waals surface area contributed by atoms with E-state index < -0.39 is 10.0 Å². The molecule has 0 saturated carbocycles. The number of hydrogen-bond acceptors (Lipinski definition) is 3. The van der Waals surface area contributed by atoms with Crippen LogP contribution in [0.4, 0.5) is 0 Å². The van der Waals surface area contributed by atoms with Crippen LogP contribution in [0.2, 0.25) is 0 Å². The summed E-state index contributed by atoms with van der Waals surface area (Å²) in [4.78, 5) is 0.249. The molecule has 2 heterocycles. The Balaban J connectivity index is 2.34. The first-order valence-corrected chi connectivity index (χ1v) is 7.99. The normalized spacial score (nSPS) is 25.8. The zero-order valence-electron chi connectivity index (χ0n) is 10.8. The van der Waals surface area contributed by atoms with E-state index in [1.807, 2.05) is 0 Å². The number of furan rings is 1. The van der Waals surface area contributed by atoms with E-state index in [0.717, 1.165) is 0 Å². The molecular weight excluding hydrogens is 274 g/mol. The minimum atomic E-state index is -3.44. The summed E-state index contributed by atoms with van der Waals surface area (Å²) in [6.45, 7) is 6.96. The Bertz CT molecular complexity index is 528. The van der Waals surface area contributed by atoms with Crippen LogP contribution in [-0.2, 0) is 15.9 Å². The summed E-state index contributed by atoms with van der Waals surface area (Å²) >= 11 is 5.67. The molecule has 1 aromatic heterocycles. The van der Waals surface area contributed by atoms with Gasteiger partial charge in [0.2, 0.25) is 10.0 Å². The lowest BCUT2D eigenvalue weighted by molar-refractivity contribution is 0.456. The van der Waals surface area contributed by atoms with E-state index in [9.17, 15) is 8.42 Å². The van der Waals surface area contributed by atoms with Gasteiger partial charge in [0.25, 0.3) is 0 Å².